The van der Waals surface area contributed by atoms with Crippen LogP contribution in [0.25, 0.3) is 0 Å². The molecule has 2 unspecified atom stereocenters. The van der Waals surface area contributed by atoms with Crippen molar-refractivity contribution in [3.05, 3.63) is 24.3 Å². The Bertz CT molecular complexity index is 600. The lowest BCUT2D eigenvalue weighted by Gasteiger charge is -2.27. The lowest BCUT2D eigenvalue weighted by atomic mass is 9.78. The Kier molecular flexibility index (Phi) is 5.56. The minimum atomic E-state index is -1.09. The van der Waals surface area contributed by atoms with Gasteiger partial charge in [0.25, 0.3) is 0 Å². The van der Waals surface area contributed by atoms with Crippen LogP contribution in [0.4, 0.5) is 5.69 Å². The average Bonchev–Trinajstić information content (AvgIpc) is 2.53. The van der Waals surface area contributed by atoms with Gasteiger partial charge in [-0.25, -0.2) is 4.79 Å². The maximum Gasteiger partial charge on any atom is 0.341 e. The number of ether oxygens (including phenoxy) is 1. The summed E-state index contributed by atoms with van der Waals surface area (Å²) < 4.78 is 5.05. The molecule has 1 aromatic rings. The lowest BCUT2D eigenvalue weighted by molar-refractivity contribution is -0.147. The largest absolute Gasteiger partial charge is 0.482 e. The molecular weight excluding hydrogens is 302 g/mol. The van der Waals surface area contributed by atoms with Gasteiger partial charge in [0.2, 0.25) is 5.91 Å². The molecule has 0 saturated heterocycles. The molecule has 1 saturated carbocycles. The van der Waals surface area contributed by atoms with Crippen LogP contribution < -0.4 is 10.1 Å². The van der Waals surface area contributed by atoms with E-state index in [-0.39, 0.29) is 5.91 Å². The molecule has 124 valence electrons. The van der Waals surface area contributed by atoms with E-state index in [0.29, 0.717) is 24.3 Å². The molecule has 1 aromatic carbocycles. The van der Waals surface area contributed by atoms with E-state index in [1.165, 1.54) is 6.07 Å². The van der Waals surface area contributed by atoms with Crippen LogP contribution in [-0.4, -0.2) is 34.7 Å². The Morgan fingerprint density at radius 3 is 2.48 bits per heavy atom. The Morgan fingerprint density at radius 1 is 1.13 bits per heavy atom. The van der Waals surface area contributed by atoms with Gasteiger partial charge in [0.05, 0.1) is 11.8 Å². The van der Waals surface area contributed by atoms with Gasteiger partial charge >= 0.3 is 11.9 Å². The second-order valence-corrected chi connectivity index (χ2v) is 5.54. The van der Waals surface area contributed by atoms with E-state index >= 15 is 0 Å². The number of benzene rings is 1. The molecule has 0 aliphatic heterocycles. The fourth-order valence-corrected chi connectivity index (χ4v) is 2.78. The monoisotopic (exact) mass is 321 g/mol. The Hall–Kier alpha value is -2.57. The van der Waals surface area contributed by atoms with Gasteiger partial charge in [0, 0.05) is 11.8 Å². The first kappa shape index (κ1) is 16.8. The van der Waals surface area contributed by atoms with Crippen LogP contribution in [0.2, 0.25) is 0 Å². The van der Waals surface area contributed by atoms with Crippen molar-refractivity contribution < 1.29 is 29.3 Å². The summed E-state index contributed by atoms with van der Waals surface area (Å²) in [6.45, 7) is -0.471. The maximum atomic E-state index is 12.4. The third kappa shape index (κ3) is 4.70. The summed E-state index contributed by atoms with van der Waals surface area (Å²) in [6, 6.07) is 6.37. The van der Waals surface area contributed by atoms with E-state index in [1.807, 2.05) is 0 Å². The molecule has 2 atom stereocenters. The minimum absolute atomic E-state index is 0.323. The fraction of sp³-hybridized carbons (Fsp3) is 0.438. The van der Waals surface area contributed by atoms with Crippen LogP contribution in [0.1, 0.15) is 25.7 Å². The first-order valence-electron chi connectivity index (χ1n) is 7.45. The number of anilines is 1. The molecule has 0 spiro atoms. The normalized spacial score (nSPS) is 20.5. The van der Waals surface area contributed by atoms with Gasteiger partial charge < -0.3 is 20.3 Å². The zero-order chi connectivity index (χ0) is 16.8. The van der Waals surface area contributed by atoms with Crippen LogP contribution in [0.5, 0.6) is 5.75 Å². The fourth-order valence-electron chi connectivity index (χ4n) is 2.78. The highest BCUT2D eigenvalue weighted by Crippen LogP contribution is 2.31. The Labute approximate surface area is 133 Å². The highest BCUT2D eigenvalue weighted by Gasteiger charge is 2.35. The second-order valence-electron chi connectivity index (χ2n) is 5.54. The van der Waals surface area contributed by atoms with Gasteiger partial charge in [-0.2, -0.15) is 0 Å². The quantitative estimate of drug-likeness (QED) is 0.738. The third-order valence-electron chi connectivity index (χ3n) is 3.88. The number of hydrogen-bond donors (Lipinski definition) is 3. The van der Waals surface area contributed by atoms with Crippen LogP contribution in [0.15, 0.2) is 24.3 Å². The van der Waals surface area contributed by atoms with Crippen molar-refractivity contribution in [1.29, 1.82) is 0 Å². The predicted octanol–water partition coefficient (Wildman–Crippen LogP) is 1.98. The topological polar surface area (TPSA) is 113 Å². The van der Waals surface area contributed by atoms with E-state index in [1.54, 1.807) is 18.2 Å². The molecule has 7 nitrogen and oxygen atoms in total. The lowest BCUT2D eigenvalue weighted by Crippen LogP contribution is -2.36. The van der Waals surface area contributed by atoms with Gasteiger partial charge in [-0.3, -0.25) is 9.59 Å². The summed E-state index contributed by atoms with van der Waals surface area (Å²) in [4.78, 5) is 34.1. The van der Waals surface area contributed by atoms with E-state index < -0.39 is 30.4 Å². The number of carboxylic acid groups (broad SMARTS) is 2. The van der Waals surface area contributed by atoms with E-state index in [0.717, 1.165) is 12.8 Å². The summed E-state index contributed by atoms with van der Waals surface area (Å²) in [7, 11) is 0. The standard InChI is InChI=1S/C16H19NO6/c18-14(19)9-23-11-5-3-4-10(8-11)17-15(20)12-6-1-2-7-13(12)16(21)22/h3-5,8,12-13H,1-2,6-7,9H2,(H,17,20)(H,18,19)(H,21,22). The van der Waals surface area contributed by atoms with Crippen molar-refractivity contribution in [1.82, 2.24) is 0 Å². The summed E-state index contributed by atoms with van der Waals surface area (Å²) in [5, 5.41) is 20.5. The molecule has 3 N–H and O–H groups in total. The van der Waals surface area contributed by atoms with E-state index in [9.17, 15) is 19.5 Å². The van der Waals surface area contributed by atoms with Gasteiger partial charge in [0.15, 0.2) is 6.61 Å². The van der Waals surface area contributed by atoms with Gasteiger partial charge in [-0.15, -0.1) is 0 Å². The number of rotatable bonds is 6. The number of carbonyl (C=O) groups is 3. The molecular formula is C16H19NO6. The number of carboxylic acids is 2. The smallest absolute Gasteiger partial charge is 0.341 e. The van der Waals surface area contributed by atoms with Crippen molar-refractivity contribution in [2.24, 2.45) is 11.8 Å². The molecule has 7 heteroatoms. The van der Waals surface area contributed by atoms with Gasteiger partial charge in [0.1, 0.15) is 5.75 Å². The number of carbonyl (C=O) groups excluding carboxylic acids is 1. The minimum Gasteiger partial charge on any atom is -0.482 e. The molecule has 1 aliphatic carbocycles. The molecule has 0 radical (unpaired) electrons. The molecule has 0 aromatic heterocycles. The van der Waals surface area contributed by atoms with E-state index in [4.69, 9.17) is 9.84 Å². The van der Waals surface area contributed by atoms with Gasteiger partial charge in [-0.05, 0) is 25.0 Å². The van der Waals surface area contributed by atoms with E-state index in [2.05, 4.69) is 5.32 Å². The van der Waals surface area contributed by atoms with Crippen molar-refractivity contribution in [2.45, 2.75) is 25.7 Å². The Morgan fingerprint density at radius 2 is 1.83 bits per heavy atom. The molecule has 0 bridgehead atoms. The average molecular weight is 321 g/mol. The first-order chi connectivity index (χ1) is 11.0. The number of hydrogen-bond acceptors (Lipinski definition) is 4. The van der Waals surface area contributed by atoms with Crippen LogP contribution in [0, 0.1) is 11.8 Å². The van der Waals surface area contributed by atoms with Gasteiger partial charge in [-0.1, -0.05) is 18.9 Å². The highest BCUT2D eigenvalue weighted by atomic mass is 16.5. The molecule has 1 amide bonds. The molecule has 0 heterocycles. The summed E-state index contributed by atoms with van der Waals surface area (Å²) in [5.41, 5.74) is 0.451. The van der Waals surface area contributed by atoms with Crippen molar-refractivity contribution in [3.8, 4) is 5.75 Å². The van der Waals surface area contributed by atoms with Crippen LogP contribution in [-0.2, 0) is 14.4 Å². The highest BCUT2D eigenvalue weighted by molar-refractivity contribution is 5.95. The zero-order valence-electron chi connectivity index (χ0n) is 12.5. The zero-order valence-corrected chi connectivity index (χ0v) is 12.5. The third-order valence-corrected chi connectivity index (χ3v) is 3.88. The van der Waals surface area contributed by atoms with Crippen molar-refractivity contribution in [2.75, 3.05) is 11.9 Å². The number of nitrogens with one attached hydrogen (secondary N) is 1. The summed E-state index contributed by atoms with van der Waals surface area (Å²) in [6.07, 6.45) is 2.72. The maximum absolute atomic E-state index is 12.4. The second kappa shape index (κ2) is 7.62. The number of aliphatic carboxylic acids is 2. The molecule has 1 aliphatic rings. The predicted molar refractivity (Wildman–Crippen MR) is 81.3 cm³/mol. The summed E-state index contributed by atoms with van der Waals surface area (Å²) >= 11 is 0. The first-order valence-corrected chi connectivity index (χ1v) is 7.45. The van der Waals surface area contributed by atoms with Crippen molar-refractivity contribution in [3.63, 3.8) is 0 Å². The van der Waals surface area contributed by atoms with Crippen LogP contribution >= 0.6 is 0 Å². The van der Waals surface area contributed by atoms with Crippen LogP contribution in [0.3, 0.4) is 0 Å². The van der Waals surface area contributed by atoms with Crippen molar-refractivity contribution >= 4 is 23.5 Å². The molecule has 23 heavy (non-hydrogen) atoms. The molecule has 2 rings (SSSR count). The SMILES string of the molecule is O=C(O)COc1cccc(NC(=O)C2CCCCC2C(=O)O)c1. The summed E-state index contributed by atoms with van der Waals surface area (Å²) in [5.74, 6) is -3.24. The molecule has 1 fully saturated rings. The Balaban J connectivity index is 2.02. The number of amides is 1.